The third kappa shape index (κ3) is 6.46. The molecule has 0 radical (unpaired) electrons. The molecule has 1 aromatic rings. The summed E-state index contributed by atoms with van der Waals surface area (Å²) in [7, 11) is 1.75. The van der Waals surface area contributed by atoms with E-state index in [1.54, 1.807) is 13.1 Å². The van der Waals surface area contributed by atoms with Crippen molar-refractivity contribution < 1.29 is 0 Å². The van der Waals surface area contributed by atoms with Crippen LogP contribution in [0, 0.1) is 0 Å². The van der Waals surface area contributed by atoms with E-state index in [9.17, 15) is 0 Å². The predicted molar refractivity (Wildman–Crippen MR) is 112 cm³/mol. The summed E-state index contributed by atoms with van der Waals surface area (Å²) in [6.07, 6.45) is 13.3. The highest BCUT2D eigenvalue weighted by Gasteiger charge is 2.13. The number of hydrogen-bond acceptors (Lipinski definition) is 4. The SMILES string of the molecule is C=C(NC(=C)c1ncc(/C(C=NC)=C/C)n1/C=C\C)SC.C=CC. The normalized spacial score (nSPS) is 11.3. The van der Waals surface area contributed by atoms with Crippen molar-refractivity contribution in [1.82, 2.24) is 14.9 Å². The number of allylic oxidation sites excluding steroid dienone is 4. The van der Waals surface area contributed by atoms with Gasteiger partial charge in [0, 0.05) is 25.0 Å². The van der Waals surface area contributed by atoms with Crippen molar-refractivity contribution in [2.75, 3.05) is 13.3 Å². The quantitative estimate of drug-likeness (QED) is 0.555. The van der Waals surface area contributed by atoms with Crippen LogP contribution in [0.15, 0.2) is 54.2 Å². The van der Waals surface area contributed by atoms with Crippen LogP contribution in [0.25, 0.3) is 17.5 Å². The van der Waals surface area contributed by atoms with Gasteiger partial charge in [0.2, 0.25) is 0 Å². The molecule has 4 nitrogen and oxygen atoms in total. The first-order chi connectivity index (χ1) is 11.5. The lowest BCUT2D eigenvalue weighted by atomic mass is 10.2. The summed E-state index contributed by atoms with van der Waals surface area (Å²) in [5.74, 6) is 0.752. The van der Waals surface area contributed by atoms with Crippen molar-refractivity contribution in [2.45, 2.75) is 20.8 Å². The van der Waals surface area contributed by atoms with Crippen LogP contribution < -0.4 is 5.32 Å². The van der Waals surface area contributed by atoms with Crippen molar-refractivity contribution in [1.29, 1.82) is 0 Å². The Morgan fingerprint density at radius 2 is 1.96 bits per heavy atom. The Morgan fingerprint density at radius 1 is 1.33 bits per heavy atom. The molecule has 130 valence electrons. The van der Waals surface area contributed by atoms with E-state index in [1.165, 1.54) is 11.8 Å². The lowest BCUT2D eigenvalue weighted by Gasteiger charge is -2.12. The minimum absolute atomic E-state index is 0.711. The molecule has 0 aromatic carbocycles. The zero-order valence-corrected chi connectivity index (χ0v) is 16.2. The van der Waals surface area contributed by atoms with Gasteiger partial charge in [0.15, 0.2) is 5.82 Å². The van der Waals surface area contributed by atoms with Crippen LogP contribution in [0.5, 0.6) is 0 Å². The van der Waals surface area contributed by atoms with Crippen LogP contribution in [0.2, 0.25) is 0 Å². The first-order valence-electron chi connectivity index (χ1n) is 7.55. The molecule has 1 aromatic heterocycles. The van der Waals surface area contributed by atoms with Gasteiger partial charge in [-0.1, -0.05) is 31.4 Å². The van der Waals surface area contributed by atoms with Crippen LogP contribution in [-0.2, 0) is 0 Å². The largest absolute Gasteiger partial charge is 0.348 e. The number of aliphatic imine (C=N–C) groups is 1. The first kappa shape index (κ1) is 21.7. The summed E-state index contributed by atoms with van der Waals surface area (Å²) in [5, 5.41) is 3.98. The Bertz CT molecular complexity index is 648. The zero-order chi connectivity index (χ0) is 18.5. The minimum Gasteiger partial charge on any atom is -0.348 e. The molecule has 0 unspecified atom stereocenters. The van der Waals surface area contributed by atoms with E-state index < -0.39 is 0 Å². The van der Waals surface area contributed by atoms with Crippen molar-refractivity contribution >= 4 is 35.4 Å². The lowest BCUT2D eigenvalue weighted by molar-refractivity contribution is 1.03. The molecule has 0 bridgehead atoms. The van der Waals surface area contributed by atoms with E-state index in [-0.39, 0.29) is 0 Å². The minimum atomic E-state index is 0.711. The molecule has 5 heteroatoms. The molecular formula is C19H28N4S. The van der Waals surface area contributed by atoms with E-state index in [2.05, 4.69) is 35.0 Å². The maximum absolute atomic E-state index is 4.47. The second kappa shape index (κ2) is 12.2. The van der Waals surface area contributed by atoms with E-state index >= 15 is 0 Å². The van der Waals surface area contributed by atoms with Crippen molar-refractivity contribution in [3.8, 4) is 0 Å². The topological polar surface area (TPSA) is 42.2 Å². The number of aromatic nitrogens is 2. The molecule has 0 fully saturated rings. The van der Waals surface area contributed by atoms with E-state index in [1.807, 2.05) is 62.4 Å². The summed E-state index contributed by atoms with van der Waals surface area (Å²) in [6.45, 7) is 17.1. The van der Waals surface area contributed by atoms with Crippen molar-refractivity contribution in [3.05, 3.63) is 60.7 Å². The molecule has 1 N–H and O–H groups in total. The van der Waals surface area contributed by atoms with Gasteiger partial charge in [-0.2, -0.15) is 0 Å². The van der Waals surface area contributed by atoms with Gasteiger partial charge in [-0.25, -0.2) is 4.98 Å². The van der Waals surface area contributed by atoms with Crippen LogP contribution in [0.4, 0.5) is 0 Å². The van der Waals surface area contributed by atoms with Gasteiger partial charge in [0.25, 0.3) is 0 Å². The number of hydrogen-bond donors (Lipinski definition) is 1. The van der Waals surface area contributed by atoms with Crippen molar-refractivity contribution in [2.24, 2.45) is 4.99 Å². The number of thioether (sulfide) groups is 1. The third-order valence-electron chi connectivity index (χ3n) is 2.78. The molecule has 24 heavy (non-hydrogen) atoms. The molecule has 0 aliphatic heterocycles. The second-order valence-corrected chi connectivity index (χ2v) is 5.49. The van der Waals surface area contributed by atoms with Gasteiger partial charge in [-0.15, -0.1) is 18.3 Å². The molecule has 0 saturated heterocycles. The van der Waals surface area contributed by atoms with Gasteiger partial charge in [0.1, 0.15) is 0 Å². The van der Waals surface area contributed by atoms with Crippen LogP contribution >= 0.6 is 11.8 Å². The van der Waals surface area contributed by atoms with Crippen LogP contribution in [-0.4, -0.2) is 29.1 Å². The average molecular weight is 345 g/mol. The summed E-state index contributed by atoms with van der Waals surface area (Å²) >= 11 is 1.54. The molecule has 0 spiro atoms. The predicted octanol–water partition coefficient (Wildman–Crippen LogP) is 5.06. The number of nitrogens with zero attached hydrogens (tertiary/aromatic N) is 3. The molecule has 0 aliphatic rings. The zero-order valence-electron chi connectivity index (χ0n) is 15.3. The molecule has 0 amide bonds. The van der Waals surface area contributed by atoms with Gasteiger partial charge in [0.05, 0.1) is 22.6 Å². The molecular weight excluding hydrogens is 316 g/mol. The van der Waals surface area contributed by atoms with Gasteiger partial charge < -0.3 is 5.32 Å². The fourth-order valence-electron chi connectivity index (χ4n) is 1.80. The van der Waals surface area contributed by atoms with Gasteiger partial charge in [-0.05, 0) is 27.0 Å². The average Bonchev–Trinajstić information content (AvgIpc) is 2.97. The number of imidazole rings is 1. The summed E-state index contributed by atoms with van der Waals surface area (Å²) in [4.78, 5) is 8.56. The molecule has 1 heterocycles. The Morgan fingerprint density at radius 3 is 2.42 bits per heavy atom. The highest BCUT2D eigenvalue weighted by molar-refractivity contribution is 8.02. The van der Waals surface area contributed by atoms with Gasteiger partial charge >= 0.3 is 0 Å². The highest BCUT2D eigenvalue weighted by atomic mass is 32.2. The summed E-state index contributed by atoms with van der Waals surface area (Å²) in [5.41, 5.74) is 2.68. The second-order valence-electron chi connectivity index (χ2n) is 4.59. The Kier molecular flexibility index (Phi) is 11.0. The van der Waals surface area contributed by atoms with Crippen molar-refractivity contribution in [3.63, 3.8) is 0 Å². The third-order valence-corrected chi connectivity index (χ3v) is 3.37. The van der Waals surface area contributed by atoms with E-state index in [4.69, 9.17) is 0 Å². The Balaban J connectivity index is 0.00000163. The molecule has 0 atom stereocenters. The standard InChI is InChI=1S/C16H22N4S.C3H6/c1-7-9-20-15(14(8-2)10-17-5)11-18-16(20)12(3)19-13(4)21-6;1-3-2/h7-11,19H,3-4H2,1-2,5-6H3;3H,1H2,2H3/b9-7-,14-8+,17-10?;. The lowest BCUT2D eigenvalue weighted by Crippen LogP contribution is -2.11. The first-order valence-corrected chi connectivity index (χ1v) is 8.78. The van der Waals surface area contributed by atoms with E-state index in [0.29, 0.717) is 5.70 Å². The van der Waals surface area contributed by atoms with E-state index in [0.717, 1.165) is 22.1 Å². The number of nitrogens with one attached hydrogen (secondary N) is 1. The summed E-state index contributed by atoms with van der Waals surface area (Å²) < 4.78 is 1.99. The monoisotopic (exact) mass is 344 g/mol. The Hall–Kier alpha value is -2.27. The Labute approximate surface area is 150 Å². The summed E-state index contributed by atoms with van der Waals surface area (Å²) in [6, 6.07) is 0. The van der Waals surface area contributed by atoms with Crippen LogP contribution in [0.3, 0.4) is 0 Å². The maximum atomic E-state index is 4.47. The van der Waals surface area contributed by atoms with Gasteiger partial charge in [-0.3, -0.25) is 9.56 Å². The fourth-order valence-corrected chi connectivity index (χ4v) is 2.03. The smallest absolute Gasteiger partial charge is 0.160 e. The highest BCUT2D eigenvalue weighted by Crippen LogP contribution is 2.20. The maximum Gasteiger partial charge on any atom is 0.160 e. The van der Waals surface area contributed by atoms with Crippen LogP contribution in [0.1, 0.15) is 32.3 Å². The fraction of sp³-hybridized carbons (Fsp3) is 0.263. The molecule has 1 rings (SSSR count). The molecule has 0 saturated carbocycles. The molecule has 0 aliphatic carbocycles. The number of rotatable bonds is 7.